The summed E-state index contributed by atoms with van der Waals surface area (Å²) in [4.78, 5) is 36.2. The van der Waals surface area contributed by atoms with Gasteiger partial charge in [0, 0.05) is 24.6 Å². The summed E-state index contributed by atoms with van der Waals surface area (Å²) in [7, 11) is 3.11. The van der Waals surface area contributed by atoms with Gasteiger partial charge in [-0.1, -0.05) is 23.9 Å². The number of benzene rings is 2. The fourth-order valence-electron chi connectivity index (χ4n) is 3.79. The molecular weight excluding hydrogens is 561 g/mol. The van der Waals surface area contributed by atoms with Crippen LogP contribution in [0.1, 0.15) is 21.6 Å². The molecule has 0 spiro atoms. The molecule has 2 heterocycles. The lowest BCUT2D eigenvalue weighted by Crippen LogP contribution is -2.34. The molecule has 0 N–H and O–H groups in total. The van der Waals surface area contributed by atoms with Crippen molar-refractivity contribution in [1.82, 2.24) is 19.4 Å². The van der Waals surface area contributed by atoms with Crippen LogP contribution in [-0.2, 0) is 10.5 Å². The van der Waals surface area contributed by atoms with Crippen molar-refractivity contribution in [3.8, 4) is 11.5 Å². The molecule has 0 atom stereocenters. The van der Waals surface area contributed by atoms with Gasteiger partial charge in [0.15, 0.2) is 11.8 Å². The minimum absolute atomic E-state index is 0.0317. The smallest absolute Gasteiger partial charge is 0.422 e. The summed E-state index contributed by atoms with van der Waals surface area (Å²) in [6.07, 6.45) is -3.08. The van der Waals surface area contributed by atoms with Gasteiger partial charge in [0.05, 0.1) is 35.9 Å². The minimum Gasteiger partial charge on any atom is -0.497 e. The normalized spacial score (nSPS) is 11.4. The Bertz CT molecular complexity index is 1530. The Hall–Kier alpha value is -4.26. The summed E-state index contributed by atoms with van der Waals surface area (Å²) in [6, 6.07) is 14.6. The first-order chi connectivity index (χ1) is 19.6. The zero-order valence-electron chi connectivity index (χ0n) is 22.5. The summed E-state index contributed by atoms with van der Waals surface area (Å²) in [6.45, 7) is 0.312. The summed E-state index contributed by atoms with van der Waals surface area (Å²) < 4.78 is 54.7. The molecule has 41 heavy (non-hydrogen) atoms. The van der Waals surface area contributed by atoms with Crippen LogP contribution in [0, 0.1) is 6.92 Å². The van der Waals surface area contributed by atoms with Crippen molar-refractivity contribution >= 4 is 34.8 Å². The number of pyridine rings is 1. The number of esters is 1. The number of hydrogen-bond acceptors (Lipinski definition) is 8. The van der Waals surface area contributed by atoms with Gasteiger partial charge >= 0.3 is 18.2 Å². The summed E-state index contributed by atoms with van der Waals surface area (Å²) >= 11 is 1.22. The zero-order valence-corrected chi connectivity index (χ0v) is 23.3. The quantitative estimate of drug-likeness (QED) is 0.171. The van der Waals surface area contributed by atoms with Crippen LogP contribution in [0.2, 0.25) is 0 Å². The molecule has 4 aromatic rings. The number of aromatic nitrogens is 3. The topological polar surface area (TPSA) is 95.8 Å². The van der Waals surface area contributed by atoms with Crippen molar-refractivity contribution in [2.75, 3.05) is 33.9 Å². The highest BCUT2D eigenvalue weighted by molar-refractivity contribution is 7.98. The van der Waals surface area contributed by atoms with Crippen LogP contribution in [0.4, 0.5) is 18.0 Å². The largest absolute Gasteiger partial charge is 0.497 e. The summed E-state index contributed by atoms with van der Waals surface area (Å²) in [5.74, 6) is 0.402. The van der Waals surface area contributed by atoms with Crippen LogP contribution in [0.15, 0.2) is 66.0 Å². The van der Waals surface area contributed by atoms with E-state index in [1.165, 1.54) is 40.6 Å². The van der Waals surface area contributed by atoms with Gasteiger partial charge in [-0.15, -0.1) is 0 Å². The predicted octanol–water partition coefficient (Wildman–Crippen LogP) is 5.74. The van der Waals surface area contributed by atoms with Gasteiger partial charge in [-0.05, 0) is 49.4 Å². The van der Waals surface area contributed by atoms with E-state index in [1.807, 2.05) is 0 Å². The van der Waals surface area contributed by atoms with Gasteiger partial charge in [0.1, 0.15) is 18.1 Å². The van der Waals surface area contributed by atoms with Gasteiger partial charge in [-0.2, -0.15) is 13.2 Å². The van der Waals surface area contributed by atoms with Crippen LogP contribution in [0.3, 0.4) is 0 Å². The number of thioether (sulfide) groups is 1. The molecular formula is C28H27F3N4O5S. The number of rotatable bonds is 10. The number of alkyl halides is 3. The Kier molecular flexibility index (Phi) is 9.38. The van der Waals surface area contributed by atoms with Crippen molar-refractivity contribution in [2.24, 2.45) is 0 Å². The van der Waals surface area contributed by atoms with Crippen LogP contribution in [0.5, 0.6) is 11.5 Å². The summed E-state index contributed by atoms with van der Waals surface area (Å²) in [5.41, 5.74) is 2.49. The van der Waals surface area contributed by atoms with E-state index < -0.39 is 24.8 Å². The third kappa shape index (κ3) is 7.48. The molecule has 0 aliphatic rings. The predicted molar refractivity (Wildman–Crippen MR) is 147 cm³/mol. The van der Waals surface area contributed by atoms with Crippen molar-refractivity contribution < 1.29 is 37.0 Å². The molecule has 0 fully saturated rings. The van der Waals surface area contributed by atoms with Crippen LogP contribution in [0.25, 0.3) is 11.0 Å². The average Bonchev–Trinajstić information content (AvgIpc) is 3.33. The van der Waals surface area contributed by atoms with E-state index in [2.05, 4.69) is 9.97 Å². The first-order valence-corrected chi connectivity index (χ1v) is 13.4. The Morgan fingerprint density at radius 1 is 1.07 bits per heavy atom. The van der Waals surface area contributed by atoms with E-state index in [-0.39, 0.29) is 24.7 Å². The maximum atomic E-state index is 13.5. The molecule has 0 bridgehead atoms. The fourth-order valence-corrected chi connectivity index (χ4v) is 4.82. The van der Waals surface area contributed by atoms with E-state index in [9.17, 15) is 22.8 Å². The Labute approximate surface area is 238 Å². The molecule has 0 saturated carbocycles. The molecule has 216 valence electrons. The minimum atomic E-state index is -4.46. The van der Waals surface area contributed by atoms with E-state index in [1.54, 1.807) is 62.5 Å². The number of likely N-dealkylation sites (N-methyl/N-ethyl adjacent to an activating group) is 1. The fraction of sp³-hybridized carbons (Fsp3) is 0.286. The van der Waals surface area contributed by atoms with E-state index in [0.29, 0.717) is 38.8 Å². The van der Waals surface area contributed by atoms with Crippen molar-refractivity contribution in [1.29, 1.82) is 0 Å². The molecule has 2 aromatic carbocycles. The van der Waals surface area contributed by atoms with Gasteiger partial charge in [-0.25, -0.2) is 19.1 Å². The van der Waals surface area contributed by atoms with Crippen molar-refractivity contribution in [3.05, 3.63) is 77.6 Å². The highest BCUT2D eigenvalue weighted by Gasteiger charge is 2.29. The number of fused-ring (bicyclic) bond motifs is 1. The highest BCUT2D eigenvalue weighted by Crippen LogP contribution is 2.30. The standard InChI is InChI=1S/C28H27F3N4O5S/c1-18-22(32-13-12-24(18)40-17-28(29,30)31)16-41-26-33-21-6-4-5-7-23(21)35(26)27(37)34(2)14-15-39-25(36)19-8-10-20(38-3)11-9-19/h4-13H,14-17H2,1-3H3. The second-order valence-electron chi connectivity index (χ2n) is 8.86. The first-order valence-electron chi connectivity index (χ1n) is 12.4. The van der Waals surface area contributed by atoms with Crippen molar-refractivity contribution in [3.63, 3.8) is 0 Å². The molecule has 2 aromatic heterocycles. The highest BCUT2D eigenvalue weighted by atomic mass is 32.2. The molecule has 0 saturated heterocycles. The number of methoxy groups -OCH3 is 1. The Balaban J connectivity index is 1.45. The second kappa shape index (κ2) is 12.9. The number of ether oxygens (including phenoxy) is 3. The zero-order chi connectivity index (χ0) is 29.6. The third-order valence-corrected chi connectivity index (χ3v) is 6.97. The molecule has 0 aliphatic carbocycles. The molecule has 0 radical (unpaired) electrons. The molecule has 9 nitrogen and oxygen atoms in total. The maximum absolute atomic E-state index is 13.5. The Morgan fingerprint density at radius 3 is 2.51 bits per heavy atom. The number of carbonyl (C=O) groups excluding carboxylic acids is 2. The van der Waals surface area contributed by atoms with E-state index in [4.69, 9.17) is 14.2 Å². The van der Waals surface area contributed by atoms with E-state index >= 15 is 0 Å². The van der Waals surface area contributed by atoms with Crippen LogP contribution >= 0.6 is 11.8 Å². The number of amides is 1. The number of imidazole rings is 1. The molecule has 13 heteroatoms. The number of carbonyl (C=O) groups is 2. The number of halogens is 3. The lowest BCUT2D eigenvalue weighted by molar-refractivity contribution is -0.153. The summed E-state index contributed by atoms with van der Waals surface area (Å²) in [5, 5.41) is 0.376. The van der Waals surface area contributed by atoms with Gasteiger partial charge < -0.3 is 19.1 Å². The lowest BCUT2D eigenvalue weighted by Gasteiger charge is -2.19. The molecule has 0 unspecified atom stereocenters. The molecule has 0 aliphatic heterocycles. The average molecular weight is 589 g/mol. The van der Waals surface area contributed by atoms with E-state index in [0.717, 1.165) is 0 Å². The Morgan fingerprint density at radius 2 is 1.80 bits per heavy atom. The monoisotopic (exact) mass is 588 g/mol. The van der Waals surface area contributed by atoms with Crippen molar-refractivity contribution in [2.45, 2.75) is 24.0 Å². The number of hydrogen-bond donors (Lipinski definition) is 0. The third-order valence-electron chi connectivity index (χ3n) is 6.02. The van der Waals surface area contributed by atoms with Crippen LogP contribution < -0.4 is 9.47 Å². The van der Waals surface area contributed by atoms with Gasteiger partial charge in [-0.3, -0.25) is 4.98 Å². The number of para-hydroxylation sites is 2. The molecule has 4 rings (SSSR count). The lowest BCUT2D eigenvalue weighted by atomic mass is 10.2. The van der Waals surface area contributed by atoms with Gasteiger partial charge in [0.2, 0.25) is 0 Å². The molecule has 1 amide bonds. The SMILES string of the molecule is COc1ccc(C(=O)OCCN(C)C(=O)n2c(SCc3nccc(OCC(F)(F)F)c3C)nc3ccccc32)cc1. The van der Waals surface area contributed by atoms with Crippen LogP contribution in [-0.4, -0.2) is 71.5 Å². The number of nitrogens with zero attached hydrogens (tertiary/aromatic N) is 4. The second-order valence-corrected chi connectivity index (χ2v) is 9.80. The maximum Gasteiger partial charge on any atom is 0.422 e. The van der Waals surface area contributed by atoms with Gasteiger partial charge in [0.25, 0.3) is 0 Å². The first kappa shape index (κ1) is 29.7.